The number of urea groups is 1. The maximum Gasteiger partial charge on any atom is 0.336 e. The molecule has 2 N–H and O–H groups in total. The lowest BCUT2D eigenvalue weighted by Crippen LogP contribution is -2.40. The lowest BCUT2D eigenvalue weighted by atomic mass is 10.0. The Hall–Kier alpha value is -4.29. The minimum absolute atomic E-state index is 0.107. The van der Waals surface area contributed by atoms with Gasteiger partial charge in [-0.1, -0.05) is 35.9 Å². The third-order valence-electron chi connectivity index (χ3n) is 6.75. The van der Waals surface area contributed by atoms with Gasteiger partial charge < -0.3 is 15.3 Å². The Balaban J connectivity index is 1.40. The van der Waals surface area contributed by atoms with Crippen molar-refractivity contribution in [3.05, 3.63) is 87.2 Å². The van der Waals surface area contributed by atoms with Crippen molar-refractivity contribution in [1.82, 2.24) is 14.0 Å². The van der Waals surface area contributed by atoms with Gasteiger partial charge in [0.25, 0.3) is 0 Å². The number of carbonyl (C=O) groups is 1. The highest BCUT2D eigenvalue weighted by Gasteiger charge is 2.49. The number of anilines is 1. The second kappa shape index (κ2) is 7.61. The van der Waals surface area contributed by atoms with Gasteiger partial charge in [0.15, 0.2) is 0 Å². The molecule has 2 aliphatic rings. The van der Waals surface area contributed by atoms with Gasteiger partial charge in [0, 0.05) is 23.0 Å². The number of likely N-dealkylation sites (tertiary alicyclic amines) is 1. The second-order valence-electron chi connectivity index (χ2n) is 8.60. The zero-order valence-electron chi connectivity index (χ0n) is 18.1. The van der Waals surface area contributed by atoms with Crippen molar-refractivity contribution in [2.24, 2.45) is 0 Å². The van der Waals surface area contributed by atoms with Crippen LogP contribution in [-0.2, 0) is 0 Å². The summed E-state index contributed by atoms with van der Waals surface area (Å²) >= 11 is 5.81. The summed E-state index contributed by atoms with van der Waals surface area (Å²) in [6, 6.07) is 15.3. The highest BCUT2D eigenvalue weighted by molar-refractivity contribution is 6.31. The predicted octanol–water partition coefficient (Wildman–Crippen LogP) is 4.70. The number of rotatable bonds is 2. The summed E-state index contributed by atoms with van der Waals surface area (Å²) in [5, 5.41) is 24.6. The topological polar surface area (TPSA) is 103 Å². The summed E-state index contributed by atoms with van der Waals surface area (Å²) in [7, 11) is 0. The number of hydrogen-bond acceptors (Lipinski definition) is 4. The molecule has 2 aliphatic heterocycles. The largest absolute Gasteiger partial charge is 0.493 e. The van der Waals surface area contributed by atoms with E-state index in [1.807, 2.05) is 0 Å². The molecule has 2 atom stereocenters. The molecule has 2 bridgehead atoms. The van der Waals surface area contributed by atoms with Crippen LogP contribution in [0.3, 0.4) is 0 Å². The van der Waals surface area contributed by atoms with E-state index in [2.05, 4.69) is 11.4 Å². The molecule has 3 heterocycles. The van der Waals surface area contributed by atoms with Crippen LogP contribution in [0, 0.1) is 17.1 Å². The third kappa shape index (κ3) is 3.03. The van der Waals surface area contributed by atoms with Gasteiger partial charge in [-0.05, 0) is 36.8 Å². The molecule has 174 valence electrons. The Morgan fingerprint density at radius 3 is 2.69 bits per heavy atom. The molecule has 8 nitrogen and oxygen atoms in total. The van der Waals surface area contributed by atoms with E-state index < -0.39 is 23.6 Å². The molecular weight excluding hydrogens is 473 g/mol. The first-order chi connectivity index (χ1) is 16.9. The molecule has 0 radical (unpaired) electrons. The van der Waals surface area contributed by atoms with E-state index in [1.165, 1.54) is 22.8 Å². The van der Waals surface area contributed by atoms with Gasteiger partial charge >= 0.3 is 11.7 Å². The van der Waals surface area contributed by atoms with Crippen molar-refractivity contribution in [3.8, 4) is 17.6 Å². The van der Waals surface area contributed by atoms with Gasteiger partial charge in [-0.25, -0.2) is 18.5 Å². The van der Waals surface area contributed by atoms with Crippen LogP contribution in [0.25, 0.3) is 16.5 Å². The number of benzene rings is 3. The number of hydrogen-bond donors (Lipinski definition) is 2. The Morgan fingerprint density at radius 2 is 1.94 bits per heavy atom. The molecule has 4 aromatic rings. The lowest BCUT2D eigenvalue weighted by molar-refractivity contribution is 0.198. The molecule has 0 saturated carbocycles. The van der Waals surface area contributed by atoms with Crippen molar-refractivity contribution in [1.29, 1.82) is 5.26 Å². The SMILES string of the molecule is N#Cc1ccc(-n2c(O)c3n(c2=O)[C@H]2C[C@@H]3N(C(=O)Nc3ccc(F)c(Cl)c3)C2)c2ccccc12. The van der Waals surface area contributed by atoms with Crippen LogP contribution in [-0.4, -0.2) is 31.7 Å². The van der Waals surface area contributed by atoms with E-state index in [9.17, 15) is 24.3 Å². The normalized spacial score (nSPS) is 18.0. The van der Waals surface area contributed by atoms with E-state index in [0.29, 0.717) is 39.8 Å². The smallest absolute Gasteiger partial charge is 0.336 e. The summed E-state index contributed by atoms with van der Waals surface area (Å²) in [6.45, 7) is 0.288. The van der Waals surface area contributed by atoms with Gasteiger partial charge in [0.05, 0.1) is 34.4 Å². The highest BCUT2D eigenvalue weighted by atomic mass is 35.5. The molecule has 6 rings (SSSR count). The first-order valence-electron chi connectivity index (χ1n) is 10.9. The van der Waals surface area contributed by atoms with Gasteiger partial charge in [0.2, 0.25) is 5.88 Å². The van der Waals surface area contributed by atoms with E-state index >= 15 is 0 Å². The molecule has 3 aromatic carbocycles. The highest BCUT2D eigenvalue weighted by Crippen LogP contribution is 2.49. The Kier molecular flexibility index (Phi) is 4.62. The van der Waals surface area contributed by atoms with Crippen LogP contribution in [0.5, 0.6) is 5.88 Å². The maximum absolute atomic E-state index is 13.5. The Bertz CT molecular complexity index is 1650. The molecule has 1 aromatic heterocycles. The van der Waals surface area contributed by atoms with Gasteiger partial charge in [-0.3, -0.25) is 4.57 Å². The summed E-state index contributed by atoms with van der Waals surface area (Å²) < 4.78 is 16.2. The fraction of sp³-hybridized carbons (Fsp3) is 0.160. The number of nitrogens with zero attached hydrogens (tertiary/aromatic N) is 4. The Morgan fingerprint density at radius 1 is 1.17 bits per heavy atom. The molecule has 0 unspecified atom stereocenters. The first-order valence-corrected chi connectivity index (χ1v) is 11.3. The average Bonchev–Trinajstić information content (AvgIpc) is 3.52. The maximum atomic E-state index is 13.5. The lowest BCUT2D eigenvalue weighted by Gasteiger charge is -2.27. The van der Waals surface area contributed by atoms with Crippen LogP contribution in [0.4, 0.5) is 14.9 Å². The summed E-state index contributed by atoms with van der Waals surface area (Å²) in [5.41, 5.74) is 1.23. The van der Waals surface area contributed by atoms with Gasteiger partial charge in [-0.2, -0.15) is 5.26 Å². The second-order valence-corrected chi connectivity index (χ2v) is 9.01. The Labute approximate surface area is 203 Å². The number of aromatic nitrogens is 2. The summed E-state index contributed by atoms with van der Waals surface area (Å²) in [6.07, 6.45) is 0.505. The van der Waals surface area contributed by atoms with Crippen molar-refractivity contribution in [2.45, 2.75) is 18.5 Å². The van der Waals surface area contributed by atoms with Crippen molar-refractivity contribution in [2.75, 3.05) is 11.9 Å². The number of amides is 2. The van der Waals surface area contributed by atoms with Crippen LogP contribution in [0.1, 0.15) is 29.8 Å². The number of fused-ring (bicyclic) bond motifs is 6. The zero-order chi connectivity index (χ0) is 24.4. The van der Waals surface area contributed by atoms with Crippen molar-refractivity contribution < 1.29 is 14.3 Å². The minimum atomic E-state index is -0.587. The number of nitrogens with one attached hydrogen (secondary N) is 1. The molecular formula is C25H17ClFN5O3. The molecule has 1 fully saturated rings. The molecule has 0 aliphatic carbocycles. The molecule has 0 spiro atoms. The van der Waals surface area contributed by atoms with Gasteiger partial charge in [-0.15, -0.1) is 0 Å². The summed E-state index contributed by atoms with van der Waals surface area (Å²) in [4.78, 5) is 28.0. The van der Waals surface area contributed by atoms with Crippen LogP contribution >= 0.6 is 11.6 Å². The first kappa shape index (κ1) is 21.3. The molecule has 2 amide bonds. The standard InChI is InChI=1S/C25H17ClFN5O3/c26-18-9-14(6-7-19(18)27)29-24(34)30-12-15-10-21(30)22-23(33)32(25(35)31(15)22)20-8-5-13(11-28)16-3-1-2-4-17(16)20/h1-9,15,21,33H,10,12H2,(H,29,34)/t15-,21-/m0/s1. The molecule has 10 heteroatoms. The van der Waals surface area contributed by atoms with Gasteiger partial charge in [0.1, 0.15) is 11.5 Å². The number of nitriles is 1. The fourth-order valence-electron chi connectivity index (χ4n) is 5.23. The number of carbonyl (C=O) groups excluding carboxylic acids is 1. The van der Waals surface area contributed by atoms with E-state index in [0.717, 1.165) is 0 Å². The predicted molar refractivity (Wildman–Crippen MR) is 127 cm³/mol. The fourth-order valence-corrected chi connectivity index (χ4v) is 5.41. The van der Waals surface area contributed by atoms with Crippen molar-refractivity contribution >= 4 is 34.1 Å². The monoisotopic (exact) mass is 489 g/mol. The molecule has 1 saturated heterocycles. The van der Waals surface area contributed by atoms with E-state index in [1.54, 1.807) is 45.9 Å². The van der Waals surface area contributed by atoms with E-state index in [-0.39, 0.29) is 23.5 Å². The quantitative estimate of drug-likeness (QED) is 0.426. The average molecular weight is 490 g/mol. The zero-order valence-corrected chi connectivity index (χ0v) is 18.8. The van der Waals surface area contributed by atoms with Crippen LogP contribution in [0.2, 0.25) is 5.02 Å². The van der Waals surface area contributed by atoms with E-state index in [4.69, 9.17) is 11.6 Å². The summed E-state index contributed by atoms with van der Waals surface area (Å²) in [5.74, 6) is -0.824. The van der Waals surface area contributed by atoms with Crippen molar-refractivity contribution in [3.63, 3.8) is 0 Å². The molecule has 35 heavy (non-hydrogen) atoms. The van der Waals surface area contributed by atoms with Crippen LogP contribution < -0.4 is 11.0 Å². The minimum Gasteiger partial charge on any atom is -0.493 e. The number of halogens is 2. The number of imidazole rings is 1. The van der Waals surface area contributed by atoms with Crippen LogP contribution in [0.15, 0.2) is 59.4 Å². The third-order valence-corrected chi connectivity index (χ3v) is 7.04. The number of aromatic hydroxyl groups is 1.